The third-order valence-electron chi connectivity index (χ3n) is 5.71. The number of carbonyl (C=O) groups excluding carboxylic acids is 1. The number of para-hydroxylation sites is 1. The number of rotatable bonds is 10. The molecule has 0 aliphatic rings. The van der Waals surface area contributed by atoms with Crippen LogP contribution >= 0.6 is 0 Å². The minimum Gasteiger partial charge on any atom is -0.489 e. The lowest BCUT2D eigenvalue weighted by molar-refractivity contribution is -0.149. The molecule has 6 nitrogen and oxygen atoms in total. The second kappa shape index (κ2) is 11.2. The van der Waals surface area contributed by atoms with Crippen LogP contribution in [-0.4, -0.2) is 25.8 Å². The molecule has 35 heavy (non-hydrogen) atoms. The lowest BCUT2D eigenvalue weighted by Crippen LogP contribution is -2.21. The van der Waals surface area contributed by atoms with Gasteiger partial charge in [-0.05, 0) is 60.9 Å². The van der Waals surface area contributed by atoms with Gasteiger partial charge in [-0.3, -0.25) is 4.79 Å². The van der Waals surface area contributed by atoms with Crippen LogP contribution in [0.15, 0.2) is 71.1 Å². The highest BCUT2D eigenvalue weighted by Gasteiger charge is 2.15. The standard InChI is InChI=1S/C29H31NO5/c1-19-11-25-13-22(14-26(29(25)35-19)23-9-6-7-21(12-23)16-30)18-33-27-10-5-4-8-24(27)15-28(31)34-20(2)17-32-3/h4-14,20H,15-18,30H2,1-3H3. The van der Waals surface area contributed by atoms with E-state index in [4.69, 9.17) is 24.4 Å². The molecule has 6 heteroatoms. The van der Waals surface area contributed by atoms with Gasteiger partial charge < -0.3 is 24.4 Å². The Kier molecular flexibility index (Phi) is 7.85. The molecule has 1 aromatic heterocycles. The highest BCUT2D eigenvalue weighted by molar-refractivity contribution is 5.93. The minimum atomic E-state index is -0.317. The highest BCUT2D eigenvalue weighted by Crippen LogP contribution is 2.33. The van der Waals surface area contributed by atoms with Crippen LogP contribution < -0.4 is 10.5 Å². The van der Waals surface area contributed by atoms with Crippen LogP contribution in [0.1, 0.15) is 29.4 Å². The van der Waals surface area contributed by atoms with Crippen LogP contribution in [0.3, 0.4) is 0 Å². The number of methoxy groups -OCH3 is 1. The Labute approximate surface area is 205 Å². The van der Waals surface area contributed by atoms with Gasteiger partial charge in [0.05, 0.1) is 13.0 Å². The van der Waals surface area contributed by atoms with Gasteiger partial charge in [0.1, 0.15) is 29.8 Å². The van der Waals surface area contributed by atoms with Gasteiger partial charge in [-0.15, -0.1) is 0 Å². The van der Waals surface area contributed by atoms with Crippen molar-refractivity contribution >= 4 is 16.9 Å². The van der Waals surface area contributed by atoms with Crippen molar-refractivity contribution in [3.63, 3.8) is 0 Å². The van der Waals surface area contributed by atoms with Crippen LogP contribution in [0, 0.1) is 6.92 Å². The quantitative estimate of drug-likeness (QED) is 0.303. The molecule has 182 valence electrons. The largest absolute Gasteiger partial charge is 0.489 e. The Morgan fingerprint density at radius 2 is 1.86 bits per heavy atom. The first kappa shape index (κ1) is 24.5. The van der Waals surface area contributed by atoms with Gasteiger partial charge in [0.15, 0.2) is 0 Å². The summed E-state index contributed by atoms with van der Waals surface area (Å²) in [5, 5.41) is 1.01. The molecule has 0 amide bonds. The normalized spacial score (nSPS) is 12.0. The van der Waals surface area contributed by atoms with Gasteiger partial charge in [0.25, 0.3) is 0 Å². The van der Waals surface area contributed by atoms with Gasteiger partial charge in [-0.25, -0.2) is 0 Å². The molecule has 0 fully saturated rings. The fourth-order valence-electron chi connectivity index (χ4n) is 4.15. The van der Waals surface area contributed by atoms with E-state index in [1.807, 2.05) is 49.4 Å². The van der Waals surface area contributed by atoms with E-state index >= 15 is 0 Å². The zero-order chi connectivity index (χ0) is 24.8. The van der Waals surface area contributed by atoms with Crippen molar-refractivity contribution in [3.8, 4) is 16.9 Å². The highest BCUT2D eigenvalue weighted by atomic mass is 16.6. The molecule has 0 bridgehead atoms. The molecule has 2 N–H and O–H groups in total. The Morgan fingerprint density at radius 3 is 2.66 bits per heavy atom. The first-order valence-electron chi connectivity index (χ1n) is 11.7. The van der Waals surface area contributed by atoms with Crippen molar-refractivity contribution in [3.05, 3.63) is 89.2 Å². The van der Waals surface area contributed by atoms with E-state index in [1.165, 1.54) is 0 Å². The van der Waals surface area contributed by atoms with E-state index in [2.05, 4.69) is 24.3 Å². The maximum absolute atomic E-state index is 12.4. The molecule has 0 saturated carbocycles. The van der Waals surface area contributed by atoms with E-state index < -0.39 is 0 Å². The molecule has 0 radical (unpaired) electrons. The predicted molar refractivity (Wildman–Crippen MR) is 136 cm³/mol. The summed E-state index contributed by atoms with van der Waals surface area (Å²) in [7, 11) is 1.58. The summed E-state index contributed by atoms with van der Waals surface area (Å²) in [4.78, 5) is 12.4. The molecule has 4 aromatic rings. The summed E-state index contributed by atoms with van der Waals surface area (Å²) in [5.41, 5.74) is 11.6. The van der Waals surface area contributed by atoms with Crippen LogP contribution in [0.2, 0.25) is 0 Å². The molecular weight excluding hydrogens is 442 g/mol. The number of aryl methyl sites for hydroxylation is 1. The molecule has 1 atom stereocenters. The van der Waals surface area contributed by atoms with Gasteiger partial charge in [-0.1, -0.05) is 36.4 Å². The third kappa shape index (κ3) is 6.10. The van der Waals surface area contributed by atoms with Gasteiger partial charge >= 0.3 is 5.97 Å². The Balaban J connectivity index is 1.57. The fourth-order valence-corrected chi connectivity index (χ4v) is 4.15. The molecule has 0 spiro atoms. The number of carbonyl (C=O) groups is 1. The summed E-state index contributed by atoms with van der Waals surface area (Å²) in [6, 6.07) is 21.9. The molecule has 0 aliphatic carbocycles. The minimum absolute atomic E-state index is 0.126. The number of furan rings is 1. The molecule has 0 saturated heterocycles. The molecule has 1 unspecified atom stereocenters. The van der Waals surface area contributed by atoms with E-state index in [0.29, 0.717) is 25.5 Å². The molecule has 0 aliphatic heterocycles. The number of esters is 1. The smallest absolute Gasteiger partial charge is 0.310 e. The van der Waals surface area contributed by atoms with Gasteiger partial charge in [0.2, 0.25) is 0 Å². The van der Waals surface area contributed by atoms with Gasteiger partial charge in [-0.2, -0.15) is 0 Å². The fraction of sp³-hybridized carbons (Fsp3) is 0.276. The van der Waals surface area contributed by atoms with Crippen LogP contribution in [-0.2, 0) is 33.8 Å². The maximum atomic E-state index is 12.4. The van der Waals surface area contributed by atoms with E-state index in [9.17, 15) is 4.79 Å². The second-order valence-corrected chi connectivity index (χ2v) is 8.65. The van der Waals surface area contributed by atoms with E-state index in [0.717, 1.165) is 44.5 Å². The Morgan fingerprint density at radius 1 is 1.03 bits per heavy atom. The summed E-state index contributed by atoms with van der Waals surface area (Å²) in [5.74, 6) is 1.18. The van der Waals surface area contributed by atoms with Crippen molar-refractivity contribution in [1.82, 2.24) is 0 Å². The number of fused-ring (bicyclic) bond motifs is 1. The van der Waals surface area contributed by atoms with Gasteiger partial charge in [0, 0.05) is 30.2 Å². The monoisotopic (exact) mass is 473 g/mol. The number of benzene rings is 3. The Hall–Kier alpha value is -3.61. The lowest BCUT2D eigenvalue weighted by Gasteiger charge is -2.15. The van der Waals surface area contributed by atoms with Crippen molar-refractivity contribution in [2.75, 3.05) is 13.7 Å². The molecule has 1 heterocycles. The van der Waals surface area contributed by atoms with Crippen molar-refractivity contribution in [1.29, 1.82) is 0 Å². The summed E-state index contributed by atoms with van der Waals surface area (Å²) in [6.07, 6.45) is -0.177. The molecule has 4 rings (SSSR count). The first-order chi connectivity index (χ1) is 17.0. The van der Waals surface area contributed by atoms with E-state index in [1.54, 1.807) is 14.0 Å². The zero-order valence-corrected chi connectivity index (χ0v) is 20.4. The van der Waals surface area contributed by atoms with Crippen molar-refractivity contribution in [2.45, 2.75) is 39.5 Å². The van der Waals surface area contributed by atoms with Crippen molar-refractivity contribution < 1.29 is 23.4 Å². The van der Waals surface area contributed by atoms with E-state index in [-0.39, 0.29) is 18.5 Å². The SMILES string of the molecule is COCC(C)OC(=O)Cc1ccccc1OCc1cc(-c2cccc(CN)c2)c2oc(C)cc2c1. The summed E-state index contributed by atoms with van der Waals surface area (Å²) in [6.45, 7) is 4.92. The lowest BCUT2D eigenvalue weighted by atomic mass is 9.99. The third-order valence-corrected chi connectivity index (χ3v) is 5.71. The zero-order valence-electron chi connectivity index (χ0n) is 20.4. The number of ether oxygens (including phenoxy) is 3. The van der Waals surface area contributed by atoms with Crippen LogP contribution in [0.5, 0.6) is 5.75 Å². The average Bonchev–Trinajstić information content (AvgIpc) is 3.23. The predicted octanol–water partition coefficient (Wildman–Crippen LogP) is 5.57. The van der Waals surface area contributed by atoms with Crippen molar-refractivity contribution in [2.24, 2.45) is 5.73 Å². The molecule has 3 aromatic carbocycles. The second-order valence-electron chi connectivity index (χ2n) is 8.65. The summed E-state index contributed by atoms with van der Waals surface area (Å²) >= 11 is 0. The van der Waals surface area contributed by atoms with Crippen LogP contribution in [0.4, 0.5) is 0 Å². The number of nitrogens with two attached hydrogens (primary N) is 1. The Bertz CT molecular complexity index is 1310. The maximum Gasteiger partial charge on any atom is 0.310 e. The van der Waals surface area contributed by atoms with Crippen LogP contribution in [0.25, 0.3) is 22.1 Å². The summed E-state index contributed by atoms with van der Waals surface area (Å²) < 4.78 is 22.7. The topological polar surface area (TPSA) is 83.9 Å². The average molecular weight is 474 g/mol. The number of hydrogen-bond donors (Lipinski definition) is 1. The first-order valence-corrected chi connectivity index (χ1v) is 11.7. The molecular formula is C29H31NO5. The number of hydrogen-bond acceptors (Lipinski definition) is 6.